The molecule has 2 heteroatoms. The van der Waals surface area contributed by atoms with Crippen molar-refractivity contribution in [1.29, 1.82) is 0 Å². The van der Waals surface area contributed by atoms with E-state index in [1.165, 1.54) is 5.56 Å². The van der Waals surface area contributed by atoms with E-state index in [1.807, 2.05) is 48.5 Å². The minimum atomic E-state index is -0.812. The molecule has 0 spiro atoms. The maximum Gasteiger partial charge on any atom is 0.332 e. The van der Waals surface area contributed by atoms with Crippen LogP contribution in [0.2, 0.25) is 0 Å². The van der Waals surface area contributed by atoms with Crippen LogP contribution in [-0.2, 0) is 11.2 Å². The first-order chi connectivity index (χ1) is 9.27. The van der Waals surface area contributed by atoms with Crippen molar-refractivity contribution in [1.82, 2.24) is 0 Å². The van der Waals surface area contributed by atoms with Crippen molar-refractivity contribution in [3.05, 3.63) is 76.9 Å². The zero-order valence-electron chi connectivity index (χ0n) is 10.5. The average Bonchev–Trinajstić information content (AvgIpc) is 2.46. The number of aliphatic carboxylic acids is 1. The summed E-state index contributed by atoms with van der Waals surface area (Å²) >= 11 is 0. The second-order valence-corrected chi connectivity index (χ2v) is 4.68. The van der Waals surface area contributed by atoms with Gasteiger partial charge in [0.25, 0.3) is 0 Å². The molecule has 2 nitrogen and oxygen atoms in total. The minimum absolute atomic E-state index is 0.518. The van der Waals surface area contributed by atoms with Gasteiger partial charge in [-0.15, -0.1) is 0 Å². The van der Waals surface area contributed by atoms with Crippen molar-refractivity contribution < 1.29 is 9.90 Å². The molecule has 2 aromatic carbocycles. The van der Waals surface area contributed by atoms with Gasteiger partial charge in [0.15, 0.2) is 0 Å². The molecule has 0 aromatic heterocycles. The van der Waals surface area contributed by atoms with Crippen LogP contribution in [0.3, 0.4) is 0 Å². The number of fused-ring (bicyclic) bond motifs is 1. The molecule has 2 aromatic rings. The van der Waals surface area contributed by atoms with Gasteiger partial charge in [-0.1, -0.05) is 54.6 Å². The van der Waals surface area contributed by atoms with Gasteiger partial charge in [0.05, 0.1) is 0 Å². The third-order valence-corrected chi connectivity index (χ3v) is 3.55. The molecule has 0 amide bonds. The zero-order valence-corrected chi connectivity index (χ0v) is 10.5. The quantitative estimate of drug-likeness (QED) is 0.885. The Hall–Kier alpha value is -2.35. The Kier molecular flexibility index (Phi) is 2.92. The van der Waals surface area contributed by atoms with Crippen molar-refractivity contribution in [2.45, 2.75) is 12.8 Å². The first-order valence-electron chi connectivity index (χ1n) is 6.37. The van der Waals surface area contributed by atoms with E-state index in [9.17, 15) is 9.90 Å². The Bertz CT molecular complexity index is 654. The van der Waals surface area contributed by atoms with Gasteiger partial charge in [-0.3, -0.25) is 0 Å². The molecule has 94 valence electrons. The van der Waals surface area contributed by atoms with Gasteiger partial charge in [0.1, 0.15) is 0 Å². The maximum atomic E-state index is 11.5. The van der Waals surface area contributed by atoms with Crippen LogP contribution in [0.4, 0.5) is 0 Å². The lowest BCUT2D eigenvalue weighted by Gasteiger charge is -2.21. The monoisotopic (exact) mass is 250 g/mol. The maximum absolute atomic E-state index is 11.5. The highest BCUT2D eigenvalue weighted by atomic mass is 16.4. The van der Waals surface area contributed by atoms with Gasteiger partial charge in [0.2, 0.25) is 0 Å². The number of carboxylic acid groups (broad SMARTS) is 1. The number of carboxylic acids is 1. The van der Waals surface area contributed by atoms with Crippen LogP contribution in [0, 0.1) is 0 Å². The highest BCUT2D eigenvalue weighted by Crippen LogP contribution is 2.35. The summed E-state index contributed by atoms with van der Waals surface area (Å²) in [6.07, 6.45) is 1.39. The Morgan fingerprint density at radius 2 is 1.58 bits per heavy atom. The Morgan fingerprint density at radius 3 is 2.32 bits per heavy atom. The van der Waals surface area contributed by atoms with Gasteiger partial charge < -0.3 is 5.11 Å². The van der Waals surface area contributed by atoms with Crippen LogP contribution < -0.4 is 0 Å². The van der Waals surface area contributed by atoms with Gasteiger partial charge in [-0.25, -0.2) is 4.79 Å². The highest BCUT2D eigenvalue weighted by Gasteiger charge is 2.23. The molecule has 0 atom stereocenters. The predicted molar refractivity (Wildman–Crippen MR) is 74.9 cm³/mol. The lowest BCUT2D eigenvalue weighted by molar-refractivity contribution is -0.132. The van der Waals surface area contributed by atoms with E-state index in [2.05, 4.69) is 6.07 Å². The van der Waals surface area contributed by atoms with Crippen molar-refractivity contribution in [3.8, 4) is 0 Å². The third kappa shape index (κ3) is 2.06. The molecule has 19 heavy (non-hydrogen) atoms. The molecule has 1 aliphatic rings. The van der Waals surface area contributed by atoms with E-state index in [4.69, 9.17) is 0 Å². The summed E-state index contributed by atoms with van der Waals surface area (Å²) in [5.74, 6) is -0.812. The van der Waals surface area contributed by atoms with E-state index in [-0.39, 0.29) is 0 Å². The molecule has 0 heterocycles. The van der Waals surface area contributed by atoms with Crippen molar-refractivity contribution in [3.63, 3.8) is 0 Å². The summed E-state index contributed by atoms with van der Waals surface area (Å²) in [6, 6.07) is 17.8. The summed E-state index contributed by atoms with van der Waals surface area (Å²) in [4.78, 5) is 11.5. The molecular formula is C17H14O2. The minimum Gasteiger partial charge on any atom is -0.478 e. The van der Waals surface area contributed by atoms with E-state index < -0.39 is 5.97 Å². The van der Waals surface area contributed by atoms with Crippen molar-refractivity contribution in [2.24, 2.45) is 0 Å². The molecule has 1 N–H and O–H groups in total. The Labute approximate surface area is 112 Å². The highest BCUT2D eigenvalue weighted by molar-refractivity contribution is 6.02. The normalized spacial score (nSPS) is 14.1. The number of aryl methyl sites for hydroxylation is 1. The molecule has 0 aliphatic heterocycles. The summed E-state index contributed by atoms with van der Waals surface area (Å²) in [7, 11) is 0. The third-order valence-electron chi connectivity index (χ3n) is 3.55. The van der Waals surface area contributed by atoms with Gasteiger partial charge in [-0.05, 0) is 35.1 Å². The van der Waals surface area contributed by atoms with Crippen LogP contribution >= 0.6 is 0 Å². The first-order valence-corrected chi connectivity index (χ1v) is 6.37. The SMILES string of the molecule is O=C(O)C1=C(c2ccccc2)c2ccccc2CC1. The molecule has 0 radical (unpaired) electrons. The summed E-state index contributed by atoms with van der Waals surface area (Å²) < 4.78 is 0. The van der Waals surface area contributed by atoms with E-state index in [0.717, 1.165) is 23.1 Å². The zero-order chi connectivity index (χ0) is 13.2. The summed E-state index contributed by atoms with van der Waals surface area (Å²) in [5, 5.41) is 9.44. The van der Waals surface area contributed by atoms with Crippen molar-refractivity contribution >= 4 is 11.5 Å². The van der Waals surface area contributed by atoms with Crippen LogP contribution in [-0.4, -0.2) is 11.1 Å². The molecular weight excluding hydrogens is 236 g/mol. The molecule has 0 fully saturated rings. The van der Waals surface area contributed by atoms with Gasteiger partial charge >= 0.3 is 5.97 Å². The fourth-order valence-electron chi connectivity index (χ4n) is 2.68. The number of rotatable bonds is 2. The summed E-state index contributed by atoms with van der Waals surface area (Å²) in [6.45, 7) is 0. The molecule has 1 aliphatic carbocycles. The number of hydrogen-bond acceptors (Lipinski definition) is 1. The van der Waals surface area contributed by atoms with E-state index >= 15 is 0 Å². The molecule has 0 saturated carbocycles. The second-order valence-electron chi connectivity index (χ2n) is 4.68. The number of benzene rings is 2. The van der Waals surface area contributed by atoms with Crippen LogP contribution in [0.1, 0.15) is 23.1 Å². The average molecular weight is 250 g/mol. The van der Waals surface area contributed by atoms with Crippen LogP contribution in [0.15, 0.2) is 60.2 Å². The fraction of sp³-hybridized carbons (Fsp3) is 0.118. The molecule has 0 bridgehead atoms. The van der Waals surface area contributed by atoms with Gasteiger partial charge in [0, 0.05) is 5.57 Å². The Balaban J connectivity index is 2.27. The van der Waals surface area contributed by atoms with Crippen LogP contribution in [0.5, 0.6) is 0 Å². The van der Waals surface area contributed by atoms with Gasteiger partial charge in [-0.2, -0.15) is 0 Å². The predicted octanol–water partition coefficient (Wildman–Crippen LogP) is 3.52. The topological polar surface area (TPSA) is 37.3 Å². The fourth-order valence-corrected chi connectivity index (χ4v) is 2.68. The largest absolute Gasteiger partial charge is 0.478 e. The lowest BCUT2D eigenvalue weighted by Crippen LogP contribution is -2.12. The Morgan fingerprint density at radius 1 is 0.895 bits per heavy atom. The number of carbonyl (C=O) groups is 1. The van der Waals surface area contributed by atoms with E-state index in [0.29, 0.717) is 12.0 Å². The molecule has 0 saturated heterocycles. The second kappa shape index (κ2) is 4.73. The lowest BCUT2D eigenvalue weighted by atomic mass is 9.82. The van der Waals surface area contributed by atoms with Crippen LogP contribution in [0.25, 0.3) is 5.57 Å². The smallest absolute Gasteiger partial charge is 0.332 e. The first kappa shape index (κ1) is 11.7. The number of hydrogen-bond donors (Lipinski definition) is 1. The summed E-state index contributed by atoms with van der Waals surface area (Å²) in [5.41, 5.74) is 4.65. The molecule has 3 rings (SSSR count). The molecule has 0 unspecified atom stereocenters. The standard InChI is InChI=1S/C17H14O2/c18-17(19)15-11-10-12-6-4-5-9-14(12)16(15)13-7-2-1-3-8-13/h1-9H,10-11H2,(H,18,19). The van der Waals surface area contributed by atoms with Crippen molar-refractivity contribution in [2.75, 3.05) is 0 Å². The van der Waals surface area contributed by atoms with E-state index in [1.54, 1.807) is 0 Å².